The van der Waals surface area contributed by atoms with Crippen LogP contribution < -0.4 is 0 Å². The Morgan fingerprint density at radius 2 is 1.92 bits per heavy atom. The fourth-order valence-corrected chi connectivity index (χ4v) is 1.04. The van der Waals surface area contributed by atoms with Crippen LogP contribution in [-0.2, 0) is 6.42 Å². The third-order valence-electron chi connectivity index (χ3n) is 1.83. The first kappa shape index (κ1) is 9.54. The van der Waals surface area contributed by atoms with Crippen molar-refractivity contribution < 1.29 is 0 Å². The minimum atomic E-state index is 0.723. The highest BCUT2D eigenvalue weighted by atomic mass is 14.2. The Morgan fingerprint density at radius 1 is 1.31 bits per heavy atom. The van der Waals surface area contributed by atoms with Crippen molar-refractivity contribution in [1.82, 2.24) is 0 Å². The minimum Gasteiger partial charge on any atom is -0.192 e. The molecule has 1 aromatic carbocycles. The maximum absolute atomic E-state index is 8.58. The molecule has 0 radical (unpaired) electrons. The van der Waals surface area contributed by atoms with E-state index in [1.807, 2.05) is 24.3 Å². The van der Waals surface area contributed by atoms with Crippen LogP contribution in [0.3, 0.4) is 0 Å². The van der Waals surface area contributed by atoms with Gasteiger partial charge in [-0.1, -0.05) is 23.8 Å². The van der Waals surface area contributed by atoms with Gasteiger partial charge in [0, 0.05) is 0 Å². The molecule has 0 N–H and O–H groups in total. The van der Waals surface area contributed by atoms with E-state index in [9.17, 15) is 0 Å². The SMILES string of the molecule is CC(C)=CCc1ccc(C#N)cc1. The van der Waals surface area contributed by atoms with Crippen LogP contribution in [0.2, 0.25) is 0 Å². The largest absolute Gasteiger partial charge is 0.192 e. The molecule has 0 fully saturated rings. The van der Waals surface area contributed by atoms with Gasteiger partial charge in [0.1, 0.15) is 0 Å². The Hall–Kier alpha value is -1.55. The number of hydrogen-bond acceptors (Lipinski definition) is 1. The molecule has 1 rings (SSSR count). The van der Waals surface area contributed by atoms with Gasteiger partial charge in [0.05, 0.1) is 11.6 Å². The zero-order valence-corrected chi connectivity index (χ0v) is 8.04. The molecule has 1 nitrogen and oxygen atoms in total. The lowest BCUT2D eigenvalue weighted by Crippen LogP contribution is -1.82. The van der Waals surface area contributed by atoms with E-state index in [1.165, 1.54) is 11.1 Å². The van der Waals surface area contributed by atoms with Crippen LogP contribution in [0.15, 0.2) is 35.9 Å². The van der Waals surface area contributed by atoms with Gasteiger partial charge in [-0.15, -0.1) is 0 Å². The number of hydrogen-bond donors (Lipinski definition) is 0. The third kappa shape index (κ3) is 3.13. The van der Waals surface area contributed by atoms with Gasteiger partial charge < -0.3 is 0 Å². The second-order valence-electron chi connectivity index (χ2n) is 3.29. The van der Waals surface area contributed by atoms with Gasteiger partial charge in [0.15, 0.2) is 0 Å². The molecule has 0 atom stereocenters. The lowest BCUT2D eigenvalue weighted by Gasteiger charge is -1.96. The Morgan fingerprint density at radius 3 is 2.38 bits per heavy atom. The minimum absolute atomic E-state index is 0.723. The highest BCUT2D eigenvalue weighted by molar-refractivity contribution is 5.32. The lowest BCUT2D eigenvalue weighted by molar-refractivity contribution is 1.21. The van der Waals surface area contributed by atoms with Gasteiger partial charge in [-0.25, -0.2) is 0 Å². The molecule has 0 heterocycles. The number of nitriles is 1. The smallest absolute Gasteiger partial charge is 0.0991 e. The van der Waals surface area contributed by atoms with Crippen LogP contribution >= 0.6 is 0 Å². The van der Waals surface area contributed by atoms with Crippen LogP contribution in [0.4, 0.5) is 0 Å². The van der Waals surface area contributed by atoms with Crippen molar-refractivity contribution in [3.8, 4) is 6.07 Å². The van der Waals surface area contributed by atoms with Crippen molar-refractivity contribution in [1.29, 1.82) is 5.26 Å². The molecule has 0 spiro atoms. The van der Waals surface area contributed by atoms with Crippen molar-refractivity contribution in [2.75, 3.05) is 0 Å². The average molecular weight is 171 g/mol. The van der Waals surface area contributed by atoms with E-state index >= 15 is 0 Å². The van der Waals surface area contributed by atoms with Crippen molar-refractivity contribution in [2.24, 2.45) is 0 Å². The number of benzene rings is 1. The quantitative estimate of drug-likeness (QED) is 0.627. The van der Waals surface area contributed by atoms with Crippen molar-refractivity contribution >= 4 is 0 Å². The van der Waals surface area contributed by atoms with Gasteiger partial charge >= 0.3 is 0 Å². The van der Waals surface area contributed by atoms with Gasteiger partial charge in [0.2, 0.25) is 0 Å². The standard InChI is InChI=1S/C12H13N/c1-10(2)3-4-11-5-7-12(9-13)8-6-11/h3,5-8H,4H2,1-2H3. The van der Waals surface area contributed by atoms with E-state index in [-0.39, 0.29) is 0 Å². The monoisotopic (exact) mass is 171 g/mol. The molecule has 0 saturated carbocycles. The molecular formula is C12H13N. The van der Waals surface area contributed by atoms with Gasteiger partial charge in [-0.3, -0.25) is 0 Å². The molecule has 0 amide bonds. The Bertz CT molecular complexity index is 334. The molecule has 0 aliphatic heterocycles. The zero-order valence-electron chi connectivity index (χ0n) is 8.04. The first-order valence-corrected chi connectivity index (χ1v) is 4.35. The van der Waals surface area contributed by atoms with Gasteiger partial charge in [-0.05, 0) is 38.0 Å². The summed E-state index contributed by atoms with van der Waals surface area (Å²) in [5.41, 5.74) is 3.30. The van der Waals surface area contributed by atoms with E-state index in [0.717, 1.165) is 12.0 Å². The molecule has 0 unspecified atom stereocenters. The summed E-state index contributed by atoms with van der Waals surface area (Å²) in [7, 11) is 0. The number of nitrogens with zero attached hydrogens (tertiary/aromatic N) is 1. The molecule has 1 aromatic rings. The predicted octanol–water partition coefficient (Wildman–Crippen LogP) is 3.07. The molecular weight excluding hydrogens is 158 g/mol. The lowest BCUT2D eigenvalue weighted by atomic mass is 10.1. The van der Waals surface area contributed by atoms with Crippen molar-refractivity contribution in [3.63, 3.8) is 0 Å². The highest BCUT2D eigenvalue weighted by Crippen LogP contribution is 2.05. The van der Waals surface area contributed by atoms with Crippen LogP contribution in [0.5, 0.6) is 0 Å². The first-order chi connectivity index (χ1) is 6.22. The fraction of sp³-hybridized carbons (Fsp3) is 0.250. The number of rotatable bonds is 2. The molecule has 13 heavy (non-hydrogen) atoms. The van der Waals surface area contributed by atoms with E-state index in [1.54, 1.807) is 0 Å². The van der Waals surface area contributed by atoms with Crippen molar-refractivity contribution in [3.05, 3.63) is 47.0 Å². The van der Waals surface area contributed by atoms with E-state index in [2.05, 4.69) is 26.0 Å². The summed E-state index contributed by atoms with van der Waals surface area (Å²) in [6, 6.07) is 9.81. The molecule has 0 aliphatic rings. The maximum atomic E-state index is 8.58. The summed E-state index contributed by atoms with van der Waals surface area (Å²) in [6.07, 6.45) is 3.13. The summed E-state index contributed by atoms with van der Waals surface area (Å²) in [6.45, 7) is 4.17. The van der Waals surface area contributed by atoms with Crippen molar-refractivity contribution in [2.45, 2.75) is 20.3 Å². The third-order valence-corrected chi connectivity index (χ3v) is 1.83. The molecule has 1 heteroatoms. The molecule has 66 valence electrons. The summed E-state index contributed by atoms with van der Waals surface area (Å²) in [5.74, 6) is 0. The van der Waals surface area contributed by atoms with Gasteiger partial charge in [0.25, 0.3) is 0 Å². The maximum Gasteiger partial charge on any atom is 0.0991 e. The topological polar surface area (TPSA) is 23.8 Å². The Balaban J connectivity index is 2.71. The predicted molar refractivity (Wildman–Crippen MR) is 54.3 cm³/mol. The number of allylic oxidation sites excluding steroid dienone is 2. The van der Waals surface area contributed by atoms with Crippen LogP contribution in [0.1, 0.15) is 25.0 Å². The second-order valence-corrected chi connectivity index (χ2v) is 3.29. The summed E-state index contributed by atoms with van der Waals surface area (Å²) in [5, 5.41) is 8.58. The first-order valence-electron chi connectivity index (χ1n) is 4.35. The normalized spacial score (nSPS) is 9.00. The van der Waals surface area contributed by atoms with Crippen LogP contribution in [0, 0.1) is 11.3 Å². The second kappa shape index (κ2) is 4.47. The summed E-state index contributed by atoms with van der Waals surface area (Å²) >= 11 is 0. The van der Waals surface area contributed by atoms with E-state index < -0.39 is 0 Å². The fourth-order valence-electron chi connectivity index (χ4n) is 1.04. The summed E-state index contributed by atoms with van der Waals surface area (Å²) < 4.78 is 0. The van der Waals surface area contributed by atoms with E-state index in [4.69, 9.17) is 5.26 Å². The van der Waals surface area contributed by atoms with Crippen LogP contribution in [-0.4, -0.2) is 0 Å². The Labute approximate surface area is 79.3 Å². The molecule has 0 aliphatic carbocycles. The van der Waals surface area contributed by atoms with E-state index in [0.29, 0.717) is 0 Å². The highest BCUT2D eigenvalue weighted by Gasteiger charge is 1.91. The summed E-state index contributed by atoms with van der Waals surface area (Å²) in [4.78, 5) is 0. The van der Waals surface area contributed by atoms with Gasteiger partial charge in [-0.2, -0.15) is 5.26 Å². The molecule has 0 aromatic heterocycles. The Kier molecular flexibility index (Phi) is 3.28. The molecule has 0 saturated heterocycles. The molecule has 0 bridgehead atoms. The zero-order chi connectivity index (χ0) is 9.68. The average Bonchev–Trinajstić information content (AvgIpc) is 2.15. The van der Waals surface area contributed by atoms with Crippen LogP contribution in [0.25, 0.3) is 0 Å².